The number of hydrogen-bond acceptors (Lipinski definition) is 4. The Labute approximate surface area is 163 Å². The average Bonchev–Trinajstić information content (AvgIpc) is 2.91. The molecule has 0 saturated carbocycles. The molecule has 1 aromatic carbocycles. The number of pyridine rings is 1. The first-order valence-corrected chi connectivity index (χ1v) is 9.71. The molecule has 0 fully saturated rings. The fourth-order valence-corrected chi connectivity index (χ4v) is 3.80. The molecule has 0 aliphatic carbocycles. The Morgan fingerprint density at radius 2 is 2.04 bits per heavy atom. The van der Waals surface area contributed by atoms with Crippen LogP contribution in [-0.2, 0) is 4.79 Å². The van der Waals surface area contributed by atoms with Crippen molar-refractivity contribution in [2.45, 2.75) is 25.9 Å². The quantitative estimate of drug-likeness (QED) is 0.559. The van der Waals surface area contributed by atoms with Crippen LogP contribution in [0.4, 0.5) is 5.69 Å². The minimum atomic E-state index is -0.135. The van der Waals surface area contributed by atoms with E-state index in [0.717, 1.165) is 26.8 Å². The highest BCUT2D eigenvalue weighted by atomic mass is 79.9. The van der Waals surface area contributed by atoms with E-state index in [1.165, 1.54) is 11.8 Å². The Morgan fingerprint density at radius 3 is 2.76 bits per heavy atom. The first kappa shape index (κ1) is 18.2. The molecule has 2 N–H and O–H groups in total. The van der Waals surface area contributed by atoms with E-state index < -0.39 is 0 Å². The Hall–Kier alpha value is -1.57. The van der Waals surface area contributed by atoms with Gasteiger partial charge in [-0.2, -0.15) is 0 Å². The van der Waals surface area contributed by atoms with E-state index in [9.17, 15) is 4.79 Å². The number of rotatable bonds is 4. The monoisotopic (exact) mass is 438 g/mol. The lowest BCUT2D eigenvalue weighted by Gasteiger charge is -2.11. The molecule has 0 spiro atoms. The molecule has 0 unspecified atom stereocenters. The molecule has 0 aliphatic rings. The number of anilines is 1. The number of nitrogens with one attached hydrogen (secondary N) is 2. The number of benzene rings is 1. The molecule has 0 radical (unpaired) electrons. The van der Waals surface area contributed by atoms with Gasteiger partial charge in [-0.3, -0.25) is 4.79 Å². The Morgan fingerprint density at radius 1 is 1.28 bits per heavy atom. The van der Waals surface area contributed by atoms with Crippen molar-refractivity contribution < 1.29 is 4.79 Å². The second-order valence-corrected chi connectivity index (χ2v) is 7.97. The third kappa shape index (κ3) is 4.16. The van der Waals surface area contributed by atoms with Crippen molar-refractivity contribution >= 4 is 62.1 Å². The Kier molecular flexibility index (Phi) is 5.36. The average molecular weight is 440 g/mol. The van der Waals surface area contributed by atoms with Crippen LogP contribution in [0.15, 0.2) is 27.8 Å². The van der Waals surface area contributed by atoms with Gasteiger partial charge in [-0.1, -0.05) is 29.4 Å². The Balaban J connectivity index is 1.68. The number of aromatic amines is 1. The number of H-pyrrole nitrogens is 1. The van der Waals surface area contributed by atoms with Gasteiger partial charge in [-0.15, -0.1) is 0 Å². The Bertz CT molecular complexity index is 911. The predicted molar refractivity (Wildman–Crippen MR) is 107 cm³/mol. The van der Waals surface area contributed by atoms with Crippen LogP contribution in [0.1, 0.15) is 16.8 Å². The van der Waals surface area contributed by atoms with Crippen molar-refractivity contribution in [3.05, 3.63) is 44.5 Å². The molecule has 25 heavy (non-hydrogen) atoms. The van der Waals surface area contributed by atoms with Crippen LogP contribution < -0.4 is 5.32 Å². The van der Waals surface area contributed by atoms with E-state index in [1.54, 1.807) is 0 Å². The smallest absolute Gasteiger partial charge is 0.234 e. The number of carbonyl (C=O) groups is 1. The molecule has 130 valence electrons. The van der Waals surface area contributed by atoms with E-state index in [1.807, 2.05) is 39.0 Å². The van der Waals surface area contributed by atoms with Crippen LogP contribution in [0.2, 0.25) is 5.02 Å². The maximum absolute atomic E-state index is 12.2. The summed E-state index contributed by atoms with van der Waals surface area (Å²) < 4.78 is 0.919. The predicted octanol–water partition coefficient (Wildman–Crippen LogP) is 5.03. The third-order valence-corrected chi connectivity index (χ3v) is 5.59. The highest BCUT2D eigenvalue weighted by Gasteiger charge is 2.12. The number of amides is 1. The topological polar surface area (TPSA) is 70.7 Å². The first-order valence-electron chi connectivity index (χ1n) is 7.55. The van der Waals surface area contributed by atoms with Gasteiger partial charge in [0.2, 0.25) is 5.91 Å². The van der Waals surface area contributed by atoms with Crippen LogP contribution in [0, 0.1) is 20.8 Å². The largest absolute Gasteiger partial charge is 0.331 e. The summed E-state index contributed by atoms with van der Waals surface area (Å²) in [7, 11) is 0. The van der Waals surface area contributed by atoms with Gasteiger partial charge < -0.3 is 10.3 Å². The molecule has 1 amide bonds. The zero-order chi connectivity index (χ0) is 18.1. The summed E-state index contributed by atoms with van der Waals surface area (Å²) >= 11 is 11.0. The number of carbonyl (C=O) groups excluding carboxylic acids is 1. The summed E-state index contributed by atoms with van der Waals surface area (Å²) in [5, 5.41) is 4.07. The lowest BCUT2D eigenvalue weighted by Crippen LogP contribution is -2.15. The second-order valence-electron chi connectivity index (χ2n) is 5.74. The van der Waals surface area contributed by atoms with Crippen LogP contribution in [0.5, 0.6) is 0 Å². The molecular weight excluding hydrogens is 424 g/mol. The molecule has 3 rings (SSSR count). The van der Waals surface area contributed by atoms with Gasteiger partial charge in [-0.25, -0.2) is 9.97 Å². The van der Waals surface area contributed by atoms with Gasteiger partial charge in [0, 0.05) is 4.47 Å². The van der Waals surface area contributed by atoms with Gasteiger partial charge in [-0.05, 0) is 60.0 Å². The minimum Gasteiger partial charge on any atom is -0.331 e. The van der Waals surface area contributed by atoms with Crippen LogP contribution in [-0.4, -0.2) is 26.6 Å². The highest BCUT2D eigenvalue weighted by molar-refractivity contribution is 9.10. The summed E-state index contributed by atoms with van der Waals surface area (Å²) in [4.78, 5) is 24.2. The molecule has 2 heterocycles. The van der Waals surface area contributed by atoms with Gasteiger partial charge >= 0.3 is 0 Å². The first-order chi connectivity index (χ1) is 11.8. The molecule has 0 aliphatic heterocycles. The number of thioether (sulfide) groups is 1. The maximum atomic E-state index is 12.2. The van der Waals surface area contributed by atoms with Crippen molar-refractivity contribution in [1.82, 2.24) is 15.0 Å². The number of nitrogens with zero attached hydrogens (tertiary/aromatic N) is 2. The minimum absolute atomic E-state index is 0.135. The van der Waals surface area contributed by atoms with Crippen molar-refractivity contribution in [3.63, 3.8) is 0 Å². The fourth-order valence-electron chi connectivity index (χ4n) is 2.44. The number of halogens is 2. The van der Waals surface area contributed by atoms with Gasteiger partial charge in [0.1, 0.15) is 0 Å². The van der Waals surface area contributed by atoms with Crippen molar-refractivity contribution in [1.29, 1.82) is 0 Å². The SMILES string of the molecule is Cc1cc(C)c(NC(=O)CSc2nc3nc(C)c(Br)cc3[nH]2)c(Cl)c1. The van der Waals surface area contributed by atoms with Crippen molar-refractivity contribution in [2.24, 2.45) is 0 Å². The number of imidazole rings is 1. The maximum Gasteiger partial charge on any atom is 0.234 e. The van der Waals surface area contributed by atoms with E-state index >= 15 is 0 Å². The standard InChI is InChI=1S/C17H16BrClN4OS/c1-8-4-9(2)15(12(19)5-8)22-14(24)7-25-17-21-13-6-11(18)10(3)20-16(13)23-17/h4-6H,7H2,1-3H3,(H,22,24)(H,20,21,23). The van der Waals surface area contributed by atoms with E-state index in [0.29, 0.717) is 21.5 Å². The number of fused-ring (bicyclic) bond motifs is 1. The number of aromatic nitrogens is 3. The lowest BCUT2D eigenvalue weighted by atomic mass is 10.1. The molecule has 0 atom stereocenters. The second kappa shape index (κ2) is 7.35. The van der Waals surface area contributed by atoms with Crippen LogP contribution >= 0.6 is 39.3 Å². The van der Waals surface area contributed by atoms with Gasteiger partial charge in [0.15, 0.2) is 10.8 Å². The van der Waals surface area contributed by atoms with E-state index in [-0.39, 0.29) is 11.7 Å². The number of aryl methyl sites for hydroxylation is 3. The lowest BCUT2D eigenvalue weighted by molar-refractivity contribution is -0.113. The summed E-state index contributed by atoms with van der Waals surface area (Å²) in [6.07, 6.45) is 0. The molecule has 5 nitrogen and oxygen atoms in total. The molecular formula is C17H16BrClN4OS. The third-order valence-electron chi connectivity index (χ3n) is 3.62. The van der Waals surface area contributed by atoms with Gasteiger partial charge in [0.05, 0.1) is 27.7 Å². The molecule has 8 heteroatoms. The molecule has 2 aromatic heterocycles. The van der Waals surface area contributed by atoms with Gasteiger partial charge in [0.25, 0.3) is 0 Å². The normalized spacial score (nSPS) is 11.1. The molecule has 0 saturated heterocycles. The molecule has 3 aromatic rings. The highest BCUT2D eigenvalue weighted by Crippen LogP contribution is 2.28. The van der Waals surface area contributed by atoms with Crippen LogP contribution in [0.3, 0.4) is 0 Å². The zero-order valence-electron chi connectivity index (χ0n) is 13.9. The zero-order valence-corrected chi connectivity index (χ0v) is 17.1. The summed E-state index contributed by atoms with van der Waals surface area (Å²) in [5.41, 5.74) is 5.00. The summed E-state index contributed by atoms with van der Waals surface area (Å²) in [5.74, 6) is 0.0912. The van der Waals surface area contributed by atoms with E-state index in [4.69, 9.17) is 11.6 Å². The fraction of sp³-hybridized carbons (Fsp3) is 0.235. The van der Waals surface area contributed by atoms with E-state index in [2.05, 4.69) is 36.2 Å². The van der Waals surface area contributed by atoms with Crippen LogP contribution in [0.25, 0.3) is 11.2 Å². The summed E-state index contributed by atoms with van der Waals surface area (Å²) in [6, 6.07) is 5.76. The molecule has 0 bridgehead atoms. The number of hydrogen-bond donors (Lipinski definition) is 2. The van der Waals surface area contributed by atoms with Crippen molar-refractivity contribution in [3.8, 4) is 0 Å². The summed E-state index contributed by atoms with van der Waals surface area (Å²) in [6.45, 7) is 5.80. The van der Waals surface area contributed by atoms with Crippen molar-refractivity contribution in [2.75, 3.05) is 11.1 Å².